The van der Waals surface area contributed by atoms with Gasteiger partial charge in [0.1, 0.15) is 5.82 Å². The molecule has 7 rings (SSSR count). The van der Waals surface area contributed by atoms with E-state index in [9.17, 15) is 4.39 Å². The van der Waals surface area contributed by atoms with Crippen LogP contribution in [0.25, 0.3) is 16.5 Å². The third-order valence-electron chi connectivity index (χ3n) is 7.66. The van der Waals surface area contributed by atoms with Crippen molar-refractivity contribution in [3.8, 4) is 0 Å². The fourth-order valence-corrected chi connectivity index (χ4v) is 6.29. The first-order valence-electron chi connectivity index (χ1n) is 12.2. The van der Waals surface area contributed by atoms with Crippen molar-refractivity contribution in [3.05, 3.63) is 161 Å². The molecule has 0 bridgehead atoms. The number of halogens is 1. The highest BCUT2D eigenvalue weighted by Gasteiger charge is 2.47. The van der Waals surface area contributed by atoms with E-state index in [4.69, 9.17) is 0 Å². The van der Waals surface area contributed by atoms with Crippen molar-refractivity contribution in [1.82, 2.24) is 4.98 Å². The lowest BCUT2D eigenvalue weighted by atomic mass is 9.77. The molecule has 2 aliphatic carbocycles. The topological polar surface area (TPSA) is 15.8 Å². The predicted molar refractivity (Wildman–Crippen MR) is 141 cm³/mol. The summed E-state index contributed by atoms with van der Waals surface area (Å²) in [6, 6.07) is 37.5. The fraction of sp³-hybridized carbons (Fsp3) is 0.0909. The molecule has 1 N–H and O–H groups in total. The maximum Gasteiger partial charge on any atom is 0.147 e. The van der Waals surface area contributed by atoms with E-state index in [1.807, 2.05) is 6.07 Å². The van der Waals surface area contributed by atoms with Crippen LogP contribution in [0.5, 0.6) is 0 Å². The van der Waals surface area contributed by atoms with Crippen LogP contribution in [-0.2, 0) is 0 Å². The van der Waals surface area contributed by atoms with Crippen molar-refractivity contribution in [1.29, 1.82) is 0 Å². The highest BCUT2D eigenvalue weighted by atomic mass is 19.1. The Bertz CT molecular complexity index is 1550. The van der Waals surface area contributed by atoms with Gasteiger partial charge in [0.15, 0.2) is 0 Å². The van der Waals surface area contributed by atoms with E-state index in [-0.39, 0.29) is 23.6 Å². The Morgan fingerprint density at radius 3 is 1.97 bits per heavy atom. The zero-order valence-electron chi connectivity index (χ0n) is 19.2. The van der Waals surface area contributed by atoms with Crippen LogP contribution in [0, 0.1) is 11.7 Å². The third kappa shape index (κ3) is 3.06. The number of allylic oxidation sites excluding steroid dienone is 3. The van der Waals surface area contributed by atoms with Gasteiger partial charge in [-0.2, -0.15) is 0 Å². The summed E-state index contributed by atoms with van der Waals surface area (Å²) < 4.78 is 14.8. The summed E-state index contributed by atoms with van der Waals surface area (Å²) in [7, 11) is 0. The summed E-state index contributed by atoms with van der Waals surface area (Å²) in [4.78, 5) is 3.51. The van der Waals surface area contributed by atoms with Crippen LogP contribution in [0.3, 0.4) is 0 Å². The summed E-state index contributed by atoms with van der Waals surface area (Å²) in [5.74, 6) is 0.368. The summed E-state index contributed by atoms with van der Waals surface area (Å²) >= 11 is 0. The molecular formula is C33H24FN. The molecule has 2 aliphatic rings. The highest BCUT2D eigenvalue weighted by Crippen LogP contribution is 2.59. The summed E-state index contributed by atoms with van der Waals surface area (Å²) in [5, 5.41) is 0.997. The minimum atomic E-state index is -0.188. The van der Waals surface area contributed by atoms with Crippen molar-refractivity contribution < 1.29 is 4.39 Å². The lowest BCUT2D eigenvalue weighted by Crippen LogP contribution is -2.13. The van der Waals surface area contributed by atoms with Crippen LogP contribution in [-0.4, -0.2) is 4.98 Å². The van der Waals surface area contributed by atoms with Gasteiger partial charge in [0.25, 0.3) is 0 Å². The number of benzene rings is 4. The predicted octanol–water partition coefficient (Wildman–Crippen LogP) is 8.22. The lowest BCUT2D eigenvalue weighted by Gasteiger charge is -2.26. The molecule has 3 unspecified atom stereocenters. The first-order valence-corrected chi connectivity index (χ1v) is 12.2. The molecule has 3 atom stereocenters. The third-order valence-corrected chi connectivity index (χ3v) is 7.66. The van der Waals surface area contributed by atoms with Gasteiger partial charge >= 0.3 is 0 Å². The molecule has 0 spiro atoms. The van der Waals surface area contributed by atoms with E-state index < -0.39 is 0 Å². The molecule has 168 valence electrons. The van der Waals surface area contributed by atoms with E-state index in [1.54, 1.807) is 6.07 Å². The number of H-pyrrole nitrogens is 1. The lowest BCUT2D eigenvalue weighted by molar-refractivity contribution is 0.567. The van der Waals surface area contributed by atoms with Crippen molar-refractivity contribution in [2.75, 3.05) is 0 Å². The minimum Gasteiger partial charge on any atom is -0.355 e. The van der Waals surface area contributed by atoms with Gasteiger partial charge in [-0.3, -0.25) is 0 Å². The van der Waals surface area contributed by atoms with Crippen LogP contribution < -0.4 is 0 Å². The first-order chi connectivity index (χ1) is 17.3. The maximum atomic E-state index is 14.8. The van der Waals surface area contributed by atoms with Crippen LogP contribution in [0.2, 0.25) is 0 Å². The SMILES string of the molecule is Fc1cccc2c3c([nH]c12)C1C=CC(=C(c2ccccc2)c2ccccc2)C1C3c1ccccc1. The highest BCUT2D eigenvalue weighted by molar-refractivity contribution is 5.90. The Kier molecular flexibility index (Phi) is 4.60. The second-order valence-electron chi connectivity index (χ2n) is 9.48. The van der Waals surface area contributed by atoms with Gasteiger partial charge in [-0.25, -0.2) is 4.39 Å². The molecule has 4 aromatic carbocycles. The van der Waals surface area contributed by atoms with Crippen molar-refractivity contribution >= 4 is 16.5 Å². The summed E-state index contributed by atoms with van der Waals surface area (Å²) in [6.07, 6.45) is 4.63. The number of para-hydroxylation sites is 1. The molecule has 0 amide bonds. The number of hydrogen-bond acceptors (Lipinski definition) is 0. The quantitative estimate of drug-likeness (QED) is 0.283. The monoisotopic (exact) mass is 453 g/mol. The zero-order chi connectivity index (χ0) is 23.4. The van der Waals surface area contributed by atoms with Crippen molar-refractivity contribution in [2.24, 2.45) is 5.92 Å². The van der Waals surface area contributed by atoms with E-state index in [1.165, 1.54) is 33.4 Å². The van der Waals surface area contributed by atoms with Crippen molar-refractivity contribution in [2.45, 2.75) is 11.8 Å². The van der Waals surface area contributed by atoms with Crippen molar-refractivity contribution in [3.63, 3.8) is 0 Å². The second kappa shape index (κ2) is 7.95. The Morgan fingerprint density at radius 1 is 0.686 bits per heavy atom. The van der Waals surface area contributed by atoms with Gasteiger partial charge in [-0.15, -0.1) is 0 Å². The second-order valence-corrected chi connectivity index (χ2v) is 9.48. The van der Waals surface area contributed by atoms with Gasteiger partial charge in [-0.05, 0) is 39.5 Å². The average Bonchev–Trinajstić information content (AvgIpc) is 3.58. The molecule has 5 aromatic rings. The Hall–Kier alpha value is -4.17. The van der Waals surface area contributed by atoms with Crippen LogP contribution in [0.4, 0.5) is 4.39 Å². The van der Waals surface area contributed by atoms with Gasteiger partial charge < -0.3 is 4.98 Å². The molecule has 0 saturated heterocycles. The summed E-state index contributed by atoms with van der Waals surface area (Å²) in [6.45, 7) is 0. The Labute approximate surface area is 204 Å². The molecule has 0 radical (unpaired) electrons. The number of nitrogens with one attached hydrogen (secondary N) is 1. The molecule has 1 aromatic heterocycles. The molecule has 2 heteroatoms. The van der Waals surface area contributed by atoms with Crippen LogP contribution in [0.15, 0.2) is 127 Å². The minimum absolute atomic E-state index is 0.138. The van der Waals surface area contributed by atoms with Gasteiger partial charge in [-0.1, -0.05) is 115 Å². The molecule has 0 aliphatic heterocycles. The average molecular weight is 454 g/mol. The zero-order valence-corrected chi connectivity index (χ0v) is 19.2. The Morgan fingerprint density at radius 2 is 1.31 bits per heavy atom. The van der Waals surface area contributed by atoms with E-state index >= 15 is 0 Å². The first kappa shape index (κ1) is 20.2. The standard InChI is InChI=1S/C33H24FN/c34-27-18-10-17-25-31-29(23-15-8-3-9-16-23)30-24(19-20-26(30)33(31)35-32(25)27)28(21-11-4-1-5-12-21)22-13-6-2-7-14-22/h1-20,26,29-30,35H. The maximum absolute atomic E-state index is 14.8. The normalized spacial score (nSPS) is 20.3. The molecule has 0 fully saturated rings. The number of hydrogen-bond donors (Lipinski definition) is 1. The number of fused-ring (bicyclic) bond motifs is 5. The van der Waals surface area contributed by atoms with Crippen LogP contribution >= 0.6 is 0 Å². The van der Waals surface area contributed by atoms with E-state index in [2.05, 4.69) is 114 Å². The molecular weight excluding hydrogens is 429 g/mol. The van der Waals surface area contributed by atoms with Gasteiger partial charge in [0, 0.05) is 28.8 Å². The molecule has 35 heavy (non-hydrogen) atoms. The largest absolute Gasteiger partial charge is 0.355 e. The smallest absolute Gasteiger partial charge is 0.147 e. The number of aromatic amines is 1. The number of aromatic nitrogens is 1. The fourth-order valence-electron chi connectivity index (χ4n) is 6.29. The van der Waals surface area contributed by atoms with Gasteiger partial charge in [0.05, 0.1) is 5.52 Å². The van der Waals surface area contributed by atoms with E-state index in [0.717, 1.165) is 11.1 Å². The van der Waals surface area contributed by atoms with E-state index in [0.29, 0.717) is 5.52 Å². The summed E-state index contributed by atoms with van der Waals surface area (Å²) in [5.41, 5.74) is 9.34. The van der Waals surface area contributed by atoms with Crippen LogP contribution in [0.1, 0.15) is 39.8 Å². The molecule has 1 nitrogen and oxygen atoms in total. The molecule has 0 saturated carbocycles. The number of rotatable bonds is 3. The molecule has 1 heterocycles. The Balaban J connectivity index is 1.52. The van der Waals surface area contributed by atoms with Gasteiger partial charge in [0.2, 0.25) is 0 Å².